The van der Waals surface area contributed by atoms with Crippen molar-refractivity contribution in [3.05, 3.63) is 53.6 Å². The fourth-order valence-corrected chi connectivity index (χ4v) is 8.12. The molecule has 0 amide bonds. The Kier molecular flexibility index (Phi) is 43.8. The Morgan fingerprint density at radius 1 is 0.443 bits per heavy atom. The van der Waals surface area contributed by atoms with Gasteiger partial charge in [-0.05, 0) is 82.4 Å². The van der Waals surface area contributed by atoms with Crippen molar-refractivity contribution in [3.63, 3.8) is 0 Å². The van der Waals surface area contributed by atoms with Crippen molar-refractivity contribution in [1.29, 1.82) is 0 Å². The van der Waals surface area contributed by atoms with Gasteiger partial charge < -0.3 is 14.0 Å². The second-order valence-corrected chi connectivity index (χ2v) is 18.5. The van der Waals surface area contributed by atoms with E-state index in [0.717, 1.165) is 63.5 Å². The van der Waals surface area contributed by atoms with Gasteiger partial charge in [0.15, 0.2) is 0 Å². The first-order valence-corrected chi connectivity index (χ1v) is 26.5. The van der Waals surface area contributed by atoms with E-state index in [0.29, 0.717) is 12.8 Å². The normalized spacial score (nSPS) is 11.7. The monoisotopic (exact) mass is 897 g/mol. The Hall–Kier alpha value is -0.814. The SMILES string of the molecule is CCCCCCCCCCC/C=C/CCCCCCCCCOC(=O)c1ccc(S(=O)(=O)[O-])cc1C(=O)OCCCCCCCCC/C=C/CCCCCCCCCCC.[K+]. The Morgan fingerprint density at radius 2 is 0.721 bits per heavy atom. The van der Waals surface area contributed by atoms with E-state index < -0.39 is 27.0 Å². The summed E-state index contributed by atoms with van der Waals surface area (Å²) in [5.74, 6) is -1.55. The summed E-state index contributed by atoms with van der Waals surface area (Å²) < 4.78 is 45.9. The molecule has 346 valence electrons. The van der Waals surface area contributed by atoms with Crippen molar-refractivity contribution >= 4 is 22.1 Å². The van der Waals surface area contributed by atoms with Crippen LogP contribution in [0.5, 0.6) is 0 Å². The molecule has 0 radical (unpaired) electrons. The van der Waals surface area contributed by atoms with Crippen molar-refractivity contribution in [2.75, 3.05) is 13.2 Å². The molecule has 9 heteroatoms. The van der Waals surface area contributed by atoms with E-state index in [1.165, 1.54) is 173 Å². The minimum absolute atomic E-state index is 0. The maximum atomic E-state index is 13.0. The van der Waals surface area contributed by atoms with Crippen molar-refractivity contribution in [2.24, 2.45) is 0 Å². The third-order valence-corrected chi connectivity index (χ3v) is 12.3. The molecule has 0 saturated heterocycles. The second-order valence-electron chi connectivity index (χ2n) is 17.1. The summed E-state index contributed by atoms with van der Waals surface area (Å²) in [4.78, 5) is 25.3. The molecule has 1 aromatic rings. The smallest absolute Gasteiger partial charge is 0.744 e. The molecule has 0 unspecified atom stereocenters. The van der Waals surface area contributed by atoms with Gasteiger partial charge in [-0.3, -0.25) is 0 Å². The summed E-state index contributed by atoms with van der Waals surface area (Å²) >= 11 is 0. The van der Waals surface area contributed by atoms with Crippen LogP contribution in [0.4, 0.5) is 0 Å². The number of ether oxygens (including phenoxy) is 2. The maximum absolute atomic E-state index is 13.0. The summed E-state index contributed by atoms with van der Waals surface area (Å²) in [6.45, 7) is 4.89. The number of carbonyl (C=O) groups excluding carboxylic acids is 2. The van der Waals surface area contributed by atoms with Crippen LogP contribution in [0.3, 0.4) is 0 Å². The zero-order valence-corrected chi connectivity index (χ0v) is 43.6. The molecule has 0 aromatic heterocycles. The van der Waals surface area contributed by atoms with E-state index in [9.17, 15) is 22.6 Å². The molecular weight excluding hydrogens is 808 g/mol. The van der Waals surface area contributed by atoms with E-state index in [1.54, 1.807) is 0 Å². The molecule has 0 aliphatic rings. The molecule has 0 aliphatic carbocycles. The molecule has 0 N–H and O–H groups in total. The maximum Gasteiger partial charge on any atom is 1.00 e. The van der Waals surface area contributed by atoms with Gasteiger partial charge in [-0.2, -0.15) is 0 Å². The molecule has 61 heavy (non-hydrogen) atoms. The van der Waals surface area contributed by atoms with Crippen LogP contribution in [0.25, 0.3) is 0 Å². The molecule has 0 atom stereocenters. The van der Waals surface area contributed by atoms with Gasteiger partial charge in [0.2, 0.25) is 0 Å². The predicted molar refractivity (Wildman–Crippen MR) is 251 cm³/mol. The molecule has 0 heterocycles. The van der Waals surface area contributed by atoms with Crippen molar-refractivity contribution in [3.8, 4) is 0 Å². The van der Waals surface area contributed by atoms with Gasteiger partial charge in [-0.25, -0.2) is 18.0 Å². The molecule has 0 saturated carbocycles. The van der Waals surface area contributed by atoms with E-state index >= 15 is 0 Å². The number of carbonyl (C=O) groups is 2. The summed E-state index contributed by atoms with van der Waals surface area (Å²) in [6.07, 6.45) is 53.7. The zero-order valence-electron chi connectivity index (χ0n) is 39.7. The summed E-state index contributed by atoms with van der Waals surface area (Å²) in [6, 6.07) is 3.14. The first-order chi connectivity index (χ1) is 29.3. The Balaban J connectivity index is 0.0000360. The van der Waals surface area contributed by atoms with Crippen LogP contribution in [-0.2, 0) is 19.6 Å². The quantitative estimate of drug-likeness (QED) is 0.0211. The molecule has 7 nitrogen and oxygen atoms in total. The van der Waals surface area contributed by atoms with Gasteiger partial charge in [0.25, 0.3) is 0 Å². The van der Waals surface area contributed by atoms with Gasteiger partial charge in [-0.1, -0.05) is 205 Å². The number of hydrogen-bond donors (Lipinski definition) is 0. The number of rotatable bonds is 43. The van der Waals surface area contributed by atoms with Gasteiger partial charge in [0.1, 0.15) is 10.1 Å². The third kappa shape index (κ3) is 37.1. The van der Waals surface area contributed by atoms with Crippen molar-refractivity contribution < 1.29 is 83.4 Å². The number of allylic oxidation sites excluding steroid dienone is 4. The average molecular weight is 897 g/mol. The largest absolute Gasteiger partial charge is 1.00 e. The van der Waals surface area contributed by atoms with Crippen LogP contribution in [0, 0.1) is 0 Å². The van der Waals surface area contributed by atoms with Crippen LogP contribution < -0.4 is 51.4 Å². The number of esters is 2. The van der Waals surface area contributed by atoms with E-state index in [4.69, 9.17) is 9.47 Å². The van der Waals surface area contributed by atoms with E-state index in [-0.39, 0.29) is 75.7 Å². The predicted octanol–water partition coefficient (Wildman–Crippen LogP) is 13.1. The van der Waals surface area contributed by atoms with Gasteiger partial charge >= 0.3 is 63.3 Å². The van der Waals surface area contributed by atoms with Crippen LogP contribution in [-0.4, -0.2) is 38.1 Å². The molecular formula is C52H89KO7S. The summed E-state index contributed by atoms with van der Waals surface area (Å²) in [5.41, 5.74) is -0.342. The molecule has 0 bridgehead atoms. The average Bonchev–Trinajstić information content (AvgIpc) is 3.24. The van der Waals surface area contributed by atoms with Crippen LogP contribution in [0.2, 0.25) is 0 Å². The number of benzene rings is 1. The Labute approximate surface area is 418 Å². The number of unbranched alkanes of at least 4 members (excludes halogenated alkanes) is 32. The fourth-order valence-electron chi connectivity index (χ4n) is 7.62. The van der Waals surface area contributed by atoms with Crippen molar-refractivity contribution in [2.45, 2.75) is 250 Å². The number of hydrogen-bond acceptors (Lipinski definition) is 7. The Morgan fingerprint density at radius 3 is 1.03 bits per heavy atom. The molecule has 0 fully saturated rings. The third-order valence-electron chi connectivity index (χ3n) is 11.5. The molecule has 0 spiro atoms. The second kappa shape index (κ2) is 44.4. The zero-order chi connectivity index (χ0) is 43.6. The minimum atomic E-state index is -4.82. The summed E-state index contributed by atoms with van der Waals surface area (Å²) in [7, 11) is -4.82. The molecule has 1 aromatic carbocycles. The van der Waals surface area contributed by atoms with Crippen molar-refractivity contribution in [1.82, 2.24) is 0 Å². The summed E-state index contributed by atoms with van der Waals surface area (Å²) in [5, 5.41) is 0. The standard InChI is InChI=1S/C52H90O7S.K/c1-3-5-7-9-11-13-15-17-19-21-23-25-27-29-31-33-35-37-39-41-45-58-51(53)49-44-43-48(60(55,56)57)47-50(49)52(54)59-46-42-40-38-36-34-32-30-28-26-24-22-20-18-16-14-12-10-8-6-4-2;/h23-26,43-44,47H,3-22,27-42,45-46H2,1-2H3,(H,55,56,57);/q;+1/p-1/b25-23+,26-24+;. The first kappa shape index (κ1) is 60.2. The topological polar surface area (TPSA) is 110 Å². The minimum Gasteiger partial charge on any atom is -0.744 e. The van der Waals surface area contributed by atoms with Crippen LogP contribution in [0.1, 0.15) is 266 Å². The van der Waals surface area contributed by atoms with E-state index in [1.807, 2.05) is 0 Å². The Bertz CT molecular complexity index is 1340. The van der Waals surface area contributed by atoms with Gasteiger partial charge in [0, 0.05) is 0 Å². The van der Waals surface area contributed by atoms with Gasteiger partial charge in [0.05, 0.1) is 29.2 Å². The van der Waals surface area contributed by atoms with E-state index in [2.05, 4.69) is 38.2 Å². The fraction of sp³-hybridized carbons (Fsp3) is 0.769. The van der Waals surface area contributed by atoms with Crippen LogP contribution in [0.15, 0.2) is 47.4 Å². The molecule has 1 rings (SSSR count). The van der Waals surface area contributed by atoms with Gasteiger partial charge in [-0.15, -0.1) is 0 Å². The molecule has 0 aliphatic heterocycles. The van der Waals surface area contributed by atoms with Crippen LogP contribution >= 0.6 is 0 Å². The first-order valence-electron chi connectivity index (χ1n) is 25.0.